The molecular weight excluding hydrogens is 359 g/mol. The topological polar surface area (TPSA) is 84.2 Å². The maximum absolute atomic E-state index is 12.5. The molecule has 2 aromatic rings. The van der Waals surface area contributed by atoms with Gasteiger partial charge in [0, 0.05) is 17.6 Å². The highest BCUT2D eigenvalue weighted by atomic mass is 32.2. The summed E-state index contributed by atoms with van der Waals surface area (Å²) in [6.07, 6.45) is -3.47. The average Bonchev–Trinajstić information content (AvgIpc) is 2.95. The number of rotatable bonds is 7. The minimum Gasteiger partial charge on any atom is -0.481 e. The first-order chi connectivity index (χ1) is 11.7. The third kappa shape index (κ3) is 6.14. The molecule has 10 heteroatoms. The van der Waals surface area contributed by atoms with Gasteiger partial charge in [-0.05, 0) is 23.8 Å². The number of nitrogens with zero attached hydrogens (tertiary/aromatic N) is 2. The lowest BCUT2D eigenvalue weighted by molar-refractivity contribution is -0.141. The van der Waals surface area contributed by atoms with Crippen LogP contribution in [-0.2, 0) is 28.1 Å². The SMILES string of the molecule is O=C(O)CSCc1cccc(NC(=O)Cn2ccc(C(F)(F)F)n2)c1. The van der Waals surface area contributed by atoms with E-state index in [0.29, 0.717) is 11.4 Å². The van der Waals surface area contributed by atoms with Crippen molar-refractivity contribution in [2.24, 2.45) is 0 Å². The number of benzene rings is 1. The number of aliphatic carboxylic acids is 1. The monoisotopic (exact) mass is 373 g/mol. The molecule has 0 aliphatic rings. The number of carbonyl (C=O) groups excluding carboxylic acids is 1. The van der Waals surface area contributed by atoms with Crippen LogP contribution in [0, 0.1) is 0 Å². The molecule has 6 nitrogen and oxygen atoms in total. The van der Waals surface area contributed by atoms with Crippen molar-refractivity contribution in [2.45, 2.75) is 18.5 Å². The molecule has 0 atom stereocenters. The Kier molecular flexibility index (Phi) is 6.07. The van der Waals surface area contributed by atoms with E-state index < -0.39 is 23.7 Å². The number of hydrogen-bond acceptors (Lipinski definition) is 4. The zero-order valence-corrected chi connectivity index (χ0v) is 13.6. The van der Waals surface area contributed by atoms with Gasteiger partial charge in [-0.2, -0.15) is 18.3 Å². The van der Waals surface area contributed by atoms with Gasteiger partial charge in [0.25, 0.3) is 0 Å². The Balaban J connectivity index is 1.92. The Morgan fingerprint density at radius 1 is 1.28 bits per heavy atom. The van der Waals surface area contributed by atoms with Gasteiger partial charge in [0.2, 0.25) is 5.91 Å². The summed E-state index contributed by atoms with van der Waals surface area (Å²) in [5.74, 6) is -0.999. The van der Waals surface area contributed by atoms with E-state index in [1.54, 1.807) is 24.3 Å². The molecule has 0 spiro atoms. The van der Waals surface area contributed by atoms with E-state index in [1.165, 1.54) is 11.8 Å². The van der Waals surface area contributed by atoms with Crippen LogP contribution in [0.25, 0.3) is 0 Å². The fourth-order valence-corrected chi connectivity index (χ4v) is 2.64. The highest BCUT2D eigenvalue weighted by Gasteiger charge is 2.33. The van der Waals surface area contributed by atoms with Gasteiger partial charge in [0.15, 0.2) is 5.69 Å². The van der Waals surface area contributed by atoms with Crippen LogP contribution in [0.1, 0.15) is 11.3 Å². The molecule has 1 amide bonds. The van der Waals surface area contributed by atoms with E-state index in [4.69, 9.17) is 5.11 Å². The number of amides is 1. The molecule has 1 aromatic heterocycles. The van der Waals surface area contributed by atoms with Crippen molar-refractivity contribution in [1.82, 2.24) is 9.78 Å². The molecule has 1 aromatic carbocycles. The van der Waals surface area contributed by atoms with Gasteiger partial charge in [-0.1, -0.05) is 12.1 Å². The summed E-state index contributed by atoms with van der Waals surface area (Å²) in [4.78, 5) is 22.4. The molecule has 0 aliphatic heterocycles. The van der Waals surface area contributed by atoms with E-state index in [2.05, 4.69) is 10.4 Å². The number of carboxylic acids is 1. The maximum atomic E-state index is 12.5. The van der Waals surface area contributed by atoms with Crippen LogP contribution in [0.3, 0.4) is 0 Å². The Labute approximate surface area is 145 Å². The average molecular weight is 373 g/mol. The molecule has 0 aliphatic carbocycles. The first kappa shape index (κ1) is 18.8. The summed E-state index contributed by atoms with van der Waals surface area (Å²) in [5.41, 5.74) is 0.238. The second-order valence-electron chi connectivity index (χ2n) is 5.03. The second-order valence-corrected chi connectivity index (χ2v) is 6.02. The normalized spacial score (nSPS) is 11.3. The third-order valence-corrected chi connectivity index (χ3v) is 3.93. The summed E-state index contributed by atoms with van der Waals surface area (Å²) in [6.45, 7) is -0.353. The third-order valence-electron chi connectivity index (χ3n) is 2.94. The highest BCUT2D eigenvalue weighted by molar-refractivity contribution is 7.99. The van der Waals surface area contributed by atoms with Crippen LogP contribution in [-0.4, -0.2) is 32.5 Å². The van der Waals surface area contributed by atoms with E-state index >= 15 is 0 Å². The summed E-state index contributed by atoms with van der Waals surface area (Å²) in [5, 5.41) is 14.5. The number of hydrogen-bond donors (Lipinski definition) is 2. The van der Waals surface area contributed by atoms with Crippen molar-refractivity contribution in [2.75, 3.05) is 11.1 Å². The predicted octanol–water partition coefficient (Wildman–Crippen LogP) is 2.86. The number of nitrogens with one attached hydrogen (secondary N) is 1. The maximum Gasteiger partial charge on any atom is 0.435 e. The summed E-state index contributed by atoms with van der Waals surface area (Å²) >= 11 is 1.22. The lowest BCUT2D eigenvalue weighted by Crippen LogP contribution is -2.19. The fraction of sp³-hybridized carbons (Fsp3) is 0.267. The molecular formula is C15H14F3N3O3S. The molecule has 134 valence electrons. The molecule has 2 rings (SSSR count). The zero-order valence-electron chi connectivity index (χ0n) is 12.8. The molecule has 0 bridgehead atoms. The molecule has 0 radical (unpaired) electrons. The Morgan fingerprint density at radius 3 is 2.68 bits per heavy atom. The number of carboxylic acid groups (broad SMARTS) is 1. The largest absolute Gasteiger partial charge is 0.481 e. The van der Waals surface area contributed by atoms with Gasteiger partial charge in [-0.25, -0.2) is 0 Å². The van der Waals surface area contributed by atoms with Gasteiger partial charge in [0.05, 0.1) is 5.75 Å². The number of carbonyl (C=O) groups is 2. The van der Waals surface area contributed by atoms with Crippen LogP contribution in [0.2, 0.25) is 0 Å². The van der Waals surface area contributed by atoms with Crippen molar-refractivity contribution < 1.29 is 27.9 Å². The molecule has 0 fully saturated rings. The number of anilines is 1. The Bertz CT molecular complexity index is 762. The van der Waals surface area contributed by atoms with Gasteiger partial charge in [0.1, 0.15) is 6.54 Å². The first-order valence-electron chi connectivity index (χ1n) is 7.03. The van der Waals surface area contributed by atoms with Crippen LogP contribution in [0.15, 0.2) is 36.5 Å². The highest BCUT2D eigenvalue weighted by Crippen LogP contribution is 2.27. The minimum absolute atomic E-state index is 0.0303. The van der Waals surface area contributed by atoms with Crippen molar-refractivity contribution in [3.05, 3.63) is 47.8 Å². The van der Waals surface area contributed by atoms with Gasteiger partial charge in [-0.3, -0.25) is 14.3 Å². The molecule has 0 saturated carbocycles. The standard InChI is InChI=1S/C15H14F3N3O3S/c16-15(17,18)12-4-5-21(20-12)7-13(22)19-11-3-1-2-10(6-11)8-25-9-14(23)24/h1-6H,7-9H2,(H,19,22)(H,23,24). The lowest BCUT2D eigenvalue weighted by atomic mass is 10.2. The van der Waals surface area contributed by atoms with Crippen molar-refractivity contribution in [3.63, 3.8) is 0 Å². The fourth-order valence-electron chi connectivity index (χ4n) is 1.94. The zero-order chi connectivity index (χ0) is 18.4. The van der Waals surface area contributed by atoms with E-state index in [9.17, 15) is 22.8 Å². The summed E-state index contributed by atoms with van der Waals surface area (Å²) in [7, 11) is 0. The van der Waals surface area contributed by atoms with Gasteiger partial charge < -0.3 is 10.4 Å². The quantitative estimate of drug-likeness (QED) is 0.780. The van der Waals surface area contributed by atoms with Gasteiger partial charge in [-0.15, -0.1) is 11.8 Å². The van der Waals surface area contributed by atoms with E-state index in [1.807, 2.05) is 0 Å². The predicted molar refractivity (Wildman–Crippen MR) is 86.1 cm³/mol. The van der Waals surface area contributed by atoms with Crippen LogP contribution in [0.4, 0.5) is 18.9 Å². The molecule has 0 unspecified atom stereocenters. The van der Waals surface area contributed by atoms with Crippen LogP contribution < -0.4 is 5.32 Å². The van der Waals surface area contributed by atoms with E-state index in [0.717, 1.165) is 22.5 Å². The first-order valence-corrected chi connectivity index (χ1v) is 8.18. The van der Waals surface area contributed by atoms with E-state index in [-0.39, 0.29) is 12.3 Å². The Morgan fingerprint density at radius 2 is 2.04 bits per heavy atom. The summed E-state index contributed by atoms with van der Waals surface area (Å²) < 4.78 is 38.3. The number of aromatic nitrogens is 2. The number of halogens is 3. The molecule has 0 saturated heterocycles. The molecule has 25 heavy (non-hydrogen) atoms. The summed E-state index contributed by atoms with van der Waals surface area (Å²) in [6, 6.07) is 7.59. The smallest absolute Gasteiger partial charge is 0.435 e. The van der Waals surface area contributed by atoms with Crippen LogP contribution >= 0.6 is 11.8 Å². The number of thioether (sulfide) groups is 1. The van der Waals surface area contributed by atoms with Gasteiger partial charge >= 0.3 is 12.1 Å². The number of alkyl halides is 3. The van der Waals surface area contributed by atoms with Crippen molar-refractivity contribution >= 4 is 29.3 Å². The Hall–Kier alpha value is -2.49. The molecule has 2 N–H and O–H groups in total. The van der Waals surface area contributed by atoms with Crippen molar-refractivity contribution in [1.29, 1.82) is 0 Å². The van der Waals surface area contributed by atoms with Crippen LogP contribution in [0.5, 0.6) is 0 Å². The van der Waals surface area contributed by atoms with Crippen molar-refractivity contribution in [3.8, 4) is 0 Å². The second kappa shape index (κ2) is 8.06. The molecule has 1 heterocycles. The minimum atomic E-state index is -4.55. The lowest BCUT2D eigenvalue weighted by Gasteiger charge is -2.08.